The summed E-state index contributed by atoms with van der Waals surface area (Å²) >= 11 is 0. The zero-order chi connectivity index (χ0) is 16.2. The maximum atomic E-state index is 11.6. The molecule has 0 radical (unpaired) electrons. The van der Waals surface area contributed by atoms with Crippen molar-refractivity contribution in [2.45, 2.75) is 19.3 Å². The quantitative estimate of drug-likeness (QED) is 0.629. The Hall–Kier alpha value is -2.63. The summed E-state index contributed by atoms with van der Waals surface area (Å²) in [6.07, 6.45) is -1.36. The summed E-state index contributed by atoms with van der Waals surface area (Å²) in [5.41, 5.74) is 2.09. The molecule has 0 atom stereocenters. The molecule has 0 unspecified atom stereocenters. The van der Waals surface area contributed by atoms with Gasteiger partial charge in [-0.1, -0.05) is 36.4 Å². The summed E-state index contributed by atoms with van der Waals surface area (Å²) < 4.78 is 5.83. The van der Waals surface area contributed by atoms with Crippen molar-refractivity contribution >= 4 is 10.9 Å². The van der Waals surface area contributed by atoms with Crippen LogP contribution in [0.15, 0.2) is 59.4 Å². The normalized spacial score (nSPS) is 11.1. The van der Waals surface area contributed by atoms with Crippen LogP contribution in [0.1, 0.15) is 11.1 Å². The molecule has 23 heavy (non-hydrogen) atoms. The third kappa shape index (κ3) is 3.59. The molecule has 0 bridgehead atoms. The minimum absolute atomic E-state index is 0.0848. The van der Waals surface area contributed by atoms with Crippen molar-refractivity contribution in [2.75, 3.05) is 0 Å². The summed E-state index contributed by atoms with van der Waals surface area (Å²) in [4.78, 5) is 14.4. The first-order valence-electron chi connectivity index (χ1n) is 7.31. The van der Waals surface area contributed by atoms with Crippen LogP contribution in [-0.2, 0) is 13.0 Å². The zero-order valence-corrected chi connectivity index (χ0v) is 12.4. The van der Waals surface area contributed by atoms with Gasteiger partial charge >= 0.3 is 0 Å². The SMILES string of the molecule is O=c1ccc2c(CC(O)O)ccc(OCc3ccccc3)c2[nH]1. The van der Waals surface area contributed by atoms with Gasteiger partial charge in [0.25, 0.3) is 0 Å². The molecule has 1 aromatic heterocycles. The van der Waals surface area contributed by atoms with Crippen molar-refractivity contribution in [3.05, 3.63) is 76.1 Å². The molecule has 0 saturated heterocycles. The van der Waals surface area contributed by atoms with Crippen LogP contribution in [0, 0.1) is 0 Å². The van der Waals surface area contributed by atoms with Crippen LogP contribution in [0.3, 0.4) is 0 Å². The number of pyridine rings is 1. The molecular formula is C18H17NO4. The maximum absolute atomic E-state index is 11.6. The number of rotatable bonds is 5. The molecule has 1 heterocycles. The lowest BCUT2D eigenvalue weighted by Gasteiger charge is -2.13. The fourth-order valence-electron chi connectivity index (χ4n) is 2.52. The van der Waals surface area contributed by atoms with Gasteiger partial charge < -0.3 is 19.9 Å². The van der Waals surface area contributed by atoms with E-state index in [2.05, 4.69) is 4.98 Å². The first kappa shape index (κ1) is 15.3. The minimum Gasteiger partial charge on any atom is -0.487 e. The summed E-state index contributed by atoms with van der Waals surface area (Å²) in [6.45, 7) is 0.384. The molecule has 118 valence electrons. The number of H-pyrrole nitrogens is 1. The maximum Gasteiger partial charge on any atom is 0.248 e. The van der Waals surface area contributed by atoms with Gasteiger partial charge in [0.1, 0.15) is 12.4 Å². The van der Waals surface area contributed by atoms with Crippen molar-refractivity contribution in [3.63, 3.8) is 0 Å². The van der Waals surface area contributed by atoms with Crippen LogP contribution in [0.25, 0.3) is 10.9 Å². The Labute approximate surface area is 132 Å². The highest BCUT2D eigenvalue weighted by Gasteiger charge is 2.10. The van der Waals surface area contributed by atoms with Crippen molar-refractivity contribution in [2.24, 2.45) is 0 Å². The molecule has 0 fully saturated rings. The largest absolute Gasteiger partial charge is 0.487 e. The summed E-state index contributed by atoms with van der Waals surface area (Å²) in [7, 11) is 0. The fourth-order valence-corrected chi connectivity index (χ4v) is 2.52. The van der Waals surface area contributed by atoms with Crippen LogP contribution in [0.4, 0.5) is 0 Å². The number of aliphatic hydroxyl groups excluding tert-OH is 1. The Morgan fingerprint density at radius 3 is 2.52 bits per heavy atom. The Morgan fingerprint density at radius 2 is 1.78 bits per heavy atom. The molecule has 3 rings (SSSR count). The van der Waals surface area contributed by atoms with E-state index in [9.17, 15) is 15.0 Å². The van der Waals surface area contributed by atoms with E-state index in [0.717, 1.165) is 16.5 Å². The second-order valence-corrected chi connectivity index (χ2v) is 5.29. The molecule has 3 N–H and O–H groups in total. The molecule has 0 aliphatic heterocycles. The van der Waals surface area contributed by atoms with E-state index in [1.165, 1.54) is 6.07 Å². The van der Waals surface area contributed by atoms with Gasteiger partial charge in [-0.3, -0.25) is 4.79 Å². The van der Waals surface area contributed by atoms with E-state index in [4.69, 9.17) is 4.74 Å². The van der Waals surface area contributed by atoms with Gasteiger partial charge in [-0.15, -0.1) is 0 Å². The highest BCUT2D eigenvalue weighted by atomic mass is 16.5. The number of benzene rings is 2. The van der Waals surface area contributed by atoms with E-state index in [1.54, 1.807) is 18.2 Å². The number of aromatic amines is 1. The van der Waals surface area contributed by atoms with Gasteiger partial charge in [-0.25, -0.2) is 0 Å². The first-order chi connectivity index (χ1) is 11.1. The topological polar surface area (TPSA) is 82.6 Å². The van der Waals surface area contributed by atoms with Gasteiger partial charge in [-0.05, 0) is 23.3 Å². The van der Waals surface area contributed by atoms with Crippen molar-refractivity contribution in [1.82, 2.24) is 4.98 Å². The average molecular weight is 311 g/mol. The highest BCUT2D eigenvalue weighted by Crippen LogP contribution is 2.27. The van der Waals surface area contributed by atoms with E-state index in [0.29, 0.717) is 17.9 Å². The summed E-state index contributed by atoms with van der Waals surface area (Å²) in [6, 6.07) is 16.3. The molecular weight excluding hydrogens is 294 g/mol. The summed E-state index contributed by atoms with van der Waals surface area (Å²) in [5.74, 6) is 0.553. The molecule has 0 aliphatic carbocycles. The number of ether oxygens (including phenoxy) is 1. The highest BCUT2D eigenvalue weighted by molar-refractivity contribution is 5.87. The van der Waals surface area contributed by atoms with Crippen LogP contribution in [0.2, 0.25) is 0 Å². The Morgan fingerprint density at radius 1 is 1.00 bits per heavy atom. The number of hydrogen-bond donors (Lipinski definition) is 3. The molecule has 2 aromatic carbocycles. The van der Waals surface area contributed by atoms with Gasteiger partial charge in [0, 0.05) is 17.9 Å². The predicted octanol–water partition coefficient (Wildman–Crippen LogP) is 1.96. The van der Waals surface area contributed by atoms with Crippen molar-refractivity contribution in [1.29, 1.82) is 0 Å². The second-order valence-electron chi connectivity index (χ2n) is 5.29. The van der Waals surface area contributed by atoms with Gasteiger partial charge in [-0.2, -0.15) is 0 Å². The van der Waals surface area contributed by atoms with Gasteiger partial charge in [0.2, 0.25) is 5.56 Å². The monoisotopic (exact) mass is 311 g/mol. The Kier molecular flexibility index (Phi) is 4.41. The van der Waals surface area contributed by atoms with Crippen LogP contribution < -0.4 is 10.3 Å². The molecule has 5 nitrogen and oxygen atoms in total. The summed E-state index contributed by atoms with van der Waals surface area (Å²) in [5, 5.41) is 19.1. The lowest BCUT2D eigenvalue weighted by Crippen LogP contribution is -2.10. The molecule has 0 amide bonds. The molecule has 3 aromatic rings. The lowest BCUT2D eigenvalue weighted by molar-refractivity contribution is -0.0379. The number of aromatic nitrogens is 1. The number of hydrogen-bond acceptors (Lipinski definition) is 4. The fraction of sp³-hybridized carbons (Fsp3) is 0.167. The van der Waals surface area contributed by atoms with Crippen molar-refractivity contribution < 1.29 is 14.9 Å². The molecule has 0 aliphatic rings. The third-order valence-corrected chi connectivity index (χ3v) is 3.59. The van der Waals surface area contributed by atoms with E-state index in [-0.39, 0.29) is 12.0 Å². The van der Waals surface area contributed by atoms with Crippen molar-refractivity contribution in [3.8, 4) is 5.75 Å². The number of fused-ring (bicyclic) bond motifs is 1. The Bertz CT molecular complexity index is 856. The minimum atomic E-state index is -1.44. The zero-order valence-electron chi connectivity index (χ0n) is 12.4. The van der Waals surface area contributed by atoms with Gasteiger partial charge in [0.05, 0.1) is 5.52 Å². The molecule has 0 saturated carbocycles. The number of aliphatic hydroxyl groups is 2. The molecule has 0 spiro atoms. The third-order valence-electron chi connectivity index (χ3n) is 3.59. The van der Waals surface area contributed by atoms with E-state index in [1.807, 2.05) is 30.3 Å². The molecule has 5 heteroatoms. The first-order valence-corrected chi connectivity index (χ1v) is 7.31. The van der Waals surface area contributed by atoms with E-state index < -0.39 is 6.29 Å². The van der Waals surface area contributed by atoms with Crippen LogP contribution >= 0.6 is 0 Å². The number of nitrogens with one attached hydrogen (secondary N) is 1. The predicted molar refractivity (Wildman–Crippen MR) is 87.3 cm³/mol. The van der Waals surface area contributed by atoms with E-state index >= 15 is 0 Å². The second kappa shape index (κ2) is 6.64. The standard InChI is InChI=1S/C18H17NO4/c20-16-9-7-14-13(10-17(21)22)6-8-15(18(14)19-16)23-11-12-4-2-1-3-5-12/h1-9,17,21-22H,10-11H2,(H,19,20). The lowest BCUT2D eigenvalue weighted by atomic mass is 10.0. The average Bonchev–Trinajstić information content (AvgIpc) is 2.54. The van der Waals surface area contributed by atoms with Gasteiger partial charge in [0.15, 0.2) is 6.29 Å². The smallest absolute Gasteiger partial charge is 0.248 e. The van der Waals surface area contributed by atoms with Crippen LogP contribution in [-0.4, -0.2) is 21.5 Å². The Balaban J connectivity index is 1.97. The van der Waals surface area contributed by atoms with Crippen LogP contribution in [0.5, 0.6) is 5.75 Å².